The molecule has 0 aliphatic heterocycles. The smallest absolute Gasteiger partial charge is 0.125 e. The maximum atomic E-state index is 12.7. The summed E-state index contributed by atoms with van der Waals surface area (Å²) < 4.78 is 12.7. The minimum atomic E-state index is -0.257. The highest BCUT2D eigenvalue weighted by Gasteiger charge is 2.00. The van der Waals surface area contributed by atoms with E-state index in [9.17, 15) is 4.39 Å². The maximum absolute atomic E-state index is 12.7. The summed E-state index contributed by atoms with van der Waals surface area (Å²) in [6.07, 6.45) is 6.93. The predicted octanol–water partition coefficient (Wildman–Crippen LogP) is 2.29. The van der Waals surface area contributed by atoms with Crippen molar-refractivity contribution in [3.8, 4) is 12.3 Å². The average Bonchev–Trinajstić information content (AvgIpc) is 2.46. The number of rotatable bonds is 0. The van der Waals surface area contributed by atoms with Crippen LogP contribution in [0, 0.1) is 18.2 Å². The minimum absolute atomic E-state index is 0.257. The van der Waals surface area contributed by atoms with Gasteiger partial charge >= 0.3 is 0 Å². The Hall–Kier alpha value is -1.75. The first kappa shape index (κ1) is 6.93. The Bertz CT molecular complexity index is 462. The second kappa shape index (κ2) is 2.38. The quantitative estimate of drug-likeness (QED) is 0.567. The molecule has 0 amide bonds. The van der Waals surface area contributed by atoms with E-state index in [1.807, 2.05) is 0 Å². The Balaban J connectivity index is 2.84. The largest absolute Gasteiger partial charge is 0.360 e. The third-order valence-electron chi connectivity index (χ3n) is 1.80. The highest BCUT2D eigenvalue weighted by molar-refractivity contribution is 5.85. The summed E-state index contributed by atoms with van der Waals surface area (Å²) in [4.78, 5) is 2.90. The van der Waals surface area contributed by atoms with Crippen LogP contribution >= 0.6 is 0 Å². The number of hydrogen-bond acceptors (Lipinski definition) is 0. The van der Waals surface area contributed by atoms with Crippen molar-refractivity contribution in [3.05, 3.63) is 35.8 Å². The number of hydrogen-bond donors (Lipinski definition) is 1. The fourth-order valence-electron chi connectivity index (χ4n) is 1.22. The Morgan fingerprint density at radius 2 is 2.25 bits per heavy atom. The lowest BCUT2D eigenvalue weighted by Crippen LogP contribution is -1.73. The molecule has 0 saturated carbocycles. The van der Waals surface area contributed by atoms with Gasteiger partial charge in [0.05, 0.1) is 0 Å². The number of fused-ring (bicyclic) bond motifs is 1. The second-order valence-corrected chi connectivity index (χ2v) is 2.54. The van der Waals surface area contributed by atoms with Crippen molar-refractivity contribution in [1.29, 1.82) is 0 Å². The molecule has 2 heteroatoms. The summed E-state index contributed by atoms with van der Waals surface area (Å²) >= 11 is 0. The molecule has 0 aliphatic rings. The lowest BCUT2D eigenvalue weighted by molar-refractivity contribution is 0.629. The second-order valence-electron chi connectivity index (χ2n) is 2.54. The molecule has 0 aliphatic carbocycles. The van der Waals surface area contributed by atoms with Crippen LogP contribution in [-0.4, -0.2) is 4.98 Å². The number of nitrogens with one attached hydrogen (secondary N) is 1. The van der Waals surface area contributed by atoms with Crippen molar-refractivity contribution in [2.75, 3.05) is 0 Å². The topological polar surface area (TPSA) is 15.8 Å². The molecule has 1 nitrogen and oxygen atoms in total. The van der Waals surface area contributed by atoms with E-state index < -0.39 is 0 Å². The van der Waals surface area contributed by atoms with Crippen LogP contribution in [-0.2, 0) is 0 Å². The molecule has 0 atom stereocenters. The van der Waals surface area contributed by atoms with Crippen molar-refractivity contribution in [2.45, 2.75) is 0 Å². The van der Waals surface area contributed by atoms with Gasteiger partial charge in [-0.3, -0.25) is 0 Å². The van der Waals surface area contributed by atoms with Gasteiger partial charge in [0.25, 0.3) is 0 Å². The molecular formula is C10H6FN. The molecule has 2 rings (SSSR count). The maximum Gasteiger partial charge on any atom is 0.125 e. The number of terminal acetylenes is 1. The monoisotopic (exact) mass is 159 g/mol. The highest BCUT2D eigenvalue weighted by Crippen LogP contribution is 2.17. The molecule has 1 aromatic heterocycles. The summed E-state index contributed by atoms with van der Waals surface area (Å²) in [6, 6.07) is 4.50. The van der Waals surface area contributed by atoms with Crippen molar-refractivity contribution >= 4 is 10.9 Å². The van der Waals surface area contributed by atoms with E-state index in [2.05, 4.69) is 10.9 Å². The molecule has 1 N–H and O–H groups in total. The lowest BCUT2D eigenvalue weighted by Gasteiger charge is -1.89. The Morgan fingerprint density at radius 1 is 1.42 bits per heavy atom. The minimum Gasteiger partial charge on any atom is -0.360 e. The van der Waals surface area contributed by atoms with E-state index in [0.29, 0.717) is 0 Å². The average molecular weight is 159 g/mol. The molecule has 0 unspecified atom stereocenters. The zero-order chi connectivity index (χ0) is 8.55. The Labute approximate surface area is 69.2 Å². The van der Waals surface area contributed by atoms with Gasteiger partial charge in [-0.05, 0) is 18.2 Å². The third kappa shape index (κ3) is 0.876. The van der Waals surface area contributed by atoms with Crippen LogP contribution in [0.5, 0.6) is 0 Å². The Morgan fingerprint density at radius 3 is 3.00 bits per heavy atom. The Kier molecular flexibility index (Phi) is 1.38. The molecule has 2 aromatic rings. The fourth-order valence-corrected chi connectivity index (χ4v) is 1.22. The van der Waals surface area contributed by atoms with Gasteiger partial charge in [-0.25, -0.2) is 4.39 Å². The van der Waals surface area contributed by atoms with Gasteiger partial charge in [0.1, 0.15) is 5.82 Å². The van der Waals surface area contributed by atoms with Gasteiger partial charge in [-0.1, -0.05) is 5.92 Å². The standard InChI is InChI=1S/C10H6FN/c1-2-7-6-12-10-5-8(11)3-4-9(7)10/h1,3-6,12H. The lowest BCUT2D eigenvalue weighted by atomic mass is 10.2. The first-order valence-electron chi connectivity index (χ1n) is 3.54. The van der Waals surface area contributed by atoms with Gasteiger partial charge in [0.15, 0.2) is 0 Å². The number of aromatic amines is 1. The van der Waals surface area contributed by atoms with Gasteiger partial charge in [0.2, 0.25) is 0 Å². The molecular weight excluding hydrogens is 153 g/mol. The summed E-state index contributed by atoms with van der Waals surface area (Å²) in [7, 11) is 0. The molecule has 0 radical (unpaired) electrons. The van der Waals surface area contributed by atoms with Crippen LogP contribution in [0.1, 0.15) is 5.56 Å². The molecule has 0 spiro atoms. The summed E-state index contributed by atoms with van der Waals surface area (Å²) in [5, 5.41) is 0.888. The van der Waals surface area contributed by atoms with E-state index in [-0.39, 0.29) is 5.82 Å². The molecule has 0 bridgehead atoms. The van der Waals surface area contributed by atoms with Crippen LogP contribution < -0.4 is 0 Å². The van der Waals surface area contributed by atoms with Crippen molar-refractivity contribution in [1.82, 2.24) is 4.98 Å². The molecule has 1 heterocycles. The van der Waals surface area contributed by atoms with E-state index in [0.717, 1.165) is 16.5 Å². The highest BCUT2D eigenvalue weighted by atomic mass is 19.1. The van der Waals surface area contributed by atoms with Crippen LogP contribution in [0.3, 0.4) is 0 Å². The summed E-state index contributed by atoms with van der Waals surface area (Å²) in [5.74, 6) is 2.26. The molecule has 1 aromatic carbocycles. The fraction of sp³-hybridized carbons (Fsp3) is 0. The first-order chi connectivity index (χ1) is 5.81. The first-order valence-corrected chi connectivity index (χ1v) is 3.54. The van der Waals surface area contributed by atoms with Crippen molar-refractivity contribution < 1.29 is 4.39 Å². The van der Waals surface area contributed by atoms with E-state index >= 15 is 0 Å². The van der Waals surface area contributed by atoms with Gasteiger partial charge in [-0.2, -0.15) is 0 Å². The van der Waals surface area contributed by atoms with Gasteiger partial charge < -0.3 is 4.98 Å². The van der Waals surface area contributed by atoms with E-state index in [4.69, 9.17) is 6.42 Å². The van der Waals surface area contributed by atoms with Crippen LogP contribution in [0.25, 0.3) is 10.9 Å². The number of H-pyrrole nitrogens is 1. The zero-order valence-electron chi connectivity index (χ0n) is 6.26. The predicted molar refractivity (Wildman–Crippen MR) is 46.2 cm³/mol. The van der Waals surface area contributed by atoms with Gasteiger partial charge in [0, 0.05) is 22.7 Å². The molecule has 12 heavy (non-hydrogen) atoms. The number of aromatic nitrogens is 1. The molecule has 0 saturated heterocycles. The molecule has 58 valence electrons. The number of halogens is 1. The van der Waals surface area contributed by atoms with E-state index in [1.54, 1.807) is 12.3 Å². The molecule has 0 fully saturated rings. The van der Waals surface area contributed by atoms with Crippen LogP contribution in [0.2, 0.25) is 0 Å². The van der Waals surface area contributed by atoms with Crippen LogP contribution in [0.4, 0.5) is 4.39 Å². The van der Waals surface area contributed by atoms with Crippen LogP contribution in [0.15, 0.2) is 24.4 Å². The van der Waals surface area contributed by atoms with Crippen molar-refractivity contribution in [3.63, 3.8) is 0 Å². The summed E-state index contributed by atoms with van der Waals surface area (Å²) in [6.45, 7) is 0. The van der Waals surface area contributed by atoms with Gasteiger partial charge in [-0.15, -0.1) is 6.42 Å². The zero-order valence-corrected chi connectivity index (χ0v) is 6.26. The van der Waals surface area contributed by atoms with Crippen molar-refractivity contribution in [2.24, 2.45) is 0 Å². The summed E-state index contributed by atoms with van der Waals surface area (Å²) in [5.41, 5.74) is 1.51. The van der Waals surface area contributed by atoms with E-state index in [1.165, 1.54) is 12.1 Å². The normalized spacial score (nSPS) is 10.0. The third-order valence-corrected chi connectivity index (χ3v) is 1.80. The SMILES string of the molecule is C#Cc1c[nH]c2cc(F)ccc12. The number of benzene rings is 1.